The maximum Gasteiger partial charge on any atom is 0.0623 e. The van der Waals surface area contributed by atoms with E-state index in [1.165, 1.54) is 55.4 Å². The van der Waals surface area contributed by atoms with Crippen molar-refractivity contribution in [3.63, 3.8) is 0 Å². The smallest absolute Gasteiger partial charge is 0.0623 e. The van der Waals surface area contributed by atoms with Gasteiger partial charge >= 0.3 is 0 Å². The van der Waals surface area contributed by atoms with E-state index in [1.54, 1.807) is 0 Å². The Kier molecular flexibility index (Phi) is 2.56. The number of hydrogen-bond donors (Lipinski definition) is 1. The van der Waals surface area contributed by atoms with Crippen molar-refractivity contribution in [3.05, 3.63) is 30.5 Å². The Morgan fingerprint density at radius 2 is 1.69 bits per heavy atom. The summed E-state index contributed by atoms with van der Waals surface area (Å²) >= 11 is 0. The van der Waals surface area contributed by atoms with Crippen molar-refractivity contribution < 1.29 is 0 Å². The van der Waals surface area contributed by atoms with Gasteiger partial charge in [-0.3, -0.25) is 0 Å². The molecule has 2 heterocycles. The molecule has 16 heavy (non-hydrogen) atoms. The average molecular weight is 214 g/mol. The Bertz CT molecular complexity index is 464. The molecule has 2 nitrogen and oxygen atoms in total. The predicted octanol–water partition coefficient (Wildman–Crippen LogP) is 3.55. The van der Waals surface area contributed by atoms with Gasteiger partial charge in [0.15, 0.2) is 0 Å². The van der Waals surface area contributed by atoms with Crippen LogP contribution in [0.2, 0.25) is 0 Å². The highest BCUT2D eigenvalue weighted by Gasteiger charge is 2.13. The van der Waals surface area contributed by atoms with Crippen molar-refractivity contribution in [2.24, 2.45) is 0 Å². The third kappa shape index (κ3) is 1.69. The van der Waals surface area contributed by atoms with Crippen LogP contribution in [0.3, 0.4) is 0 Å². The first-order chi connectivity index (χ1) is 7.95. The summed E-state index contributed by atoms with van der Waals surface area (Å²) in [5, 5.41) is 1.37. The summed E-state index contributed by atoms with van der Waals surface area (Å²) < 4.78 is 0. The predicted molar refractivity (Wildman–Crippen MR) is 69.0 cm³/mol. The lowest BCUT2D eigenvalue weighted by atomic mass is 10.2. The first-order valence-electron chi connectivity index (χ1n) is 6.26. The van der Waals surface area contributed by atoms with E-state index in [0.29, 0.717) is 0 Å². The minimum Gasteiger partial charge on any atom is -0.370 e. The number of anilines is 1. The van der Waals surface area contributed by atoms with Gasteiger partial charge in [0.1, 0.15) is 0 Å². The fourth-order valence-electron chi connectivity index (χ4n) is 2.63. The van der Waals surface area contributed by atoms with Crippen LogP contribution in [-0.2, 0) is 0 Å². The lowest BCUT2D eigenvalue weighted by Gasteiger charge is -2.21. The molecule has 0 aliphatic carbocycles. The molecule has 2 heteroatoms. The van der Waals surface area contributed by atoms with E-state index in [9.17, 15) is 0 Å². The van der Waals surface area contributed by atoms with Gasteiger partial charge in [0.2, 0.25) is 0 Å². The van der Waals surface area contributed by atoms with Crippen LogP contribution in [0.15, 0.2) is 30.5 Å². The van der Waals surface area contributed by atoms with E-state index in [4.69, 9.17) is 0 Å². The second-order valence-corrected chi connectivity index (χ2v) is 4.62. The lowest BCUT2D eigenvalue weighted by molar-refractivity contribution is 0.726. The molecule has 1 aromatic carbocycles. The van der Waals surface area contributed by atoms with Crippen molar-refractivity contribution in [1.29, 1.82) is 0 Å². The highest BCUT2D eigenvalue weighted by atomic mass is 15.1. The number of rotatable bonds is 1. The maximum absolute atomic E-state index is 3.36. The number of benzene rings is 1. The van der Waals surface area contributed by atoms with Gasteiger partial charge in [-0.1, -0.05) is 31.0 Å². The van der Waals surface area contributed by atoms with Crippen molar-refractivity contribution in [3.8, 4) is 0 Å². The Hall–Kier alpha value is -1.44. The molecule has 1 fully saturated rings. The van der Waals surface area contributed by atoms with Crippen LogP contribution in [-0.4, -0.2) is 18.1 Å². The molecule has 0 unspecified atom stereocenters. The van der Waals surface area contributed by atoms with E-state index >= 15 is 0 Å². The fourth-order valence-corrected chi connectivity index (χ4v) is 2.63. The second kappa shape index (κ2) is 4.20. The molecule has 1 N–H and O–H groups in total. The number of para-hydroxylation sites is 1. The average Bonchev–Trinajstić information content (AvgIpc) is 2.57. The molecule has 0 saturated carbocycles. The van der Waals surface area contributed by atoms with Crippen LogP contribution in [0.4, 0.5) is 5.69 Å². The monoisotopic (exact) mass is 214 g/mol. The van der Waals surface area contributed by atoms with Crippen LogP contribution in [0, 0.1) is 0 Å². The Morgan fingerprint density at radius 1 is 0.938 bits per heavy atom. The summed E-state index contributed by atoms with van der Waals surface area (Å²) in [6, 6.07) is 8.57. The highest BCUT2D eigenvalue weighted by molar-refractivity contribution is 5.92. The number of aromatic amines is 1. The zero-order valence-corrected chi connectivity index (χ0v) is 9.58. The first-order valence-corrected chi connectivity index (χ1v) is 6.26. The minimum absolute atomic E-state index is 1.21. The second-order valence-electron chi connectivity index (χ2n) is 4.62. The van der Waals surface area contributed by atoms with Crippen LogP contribution >= 0.6 is 0 Å². The zero-order valence-electron chi connectivity index (χ0n) is 9.58. The molecule has 0 amide bonds. The number of aromatic nitrogens is 1. The summed E-state index contributed by atoms with van der Waals surface area (Å²) in [5.41, 5.74) is 2.64. The number of hydrogen-bond acceptors (Lipinski definition) is 1. The summed E-state index contributed by atoms with van der Waals surface area (Å²) in [4.78, 5) is 5.90. The highest BCUT2D eigenvalue weighted by Crippen LogP contribution is 2.28. The van der Waals surface area contributed by atoms with Gasteiger partial charge in [0.05, 0.1) is 5.69 Å². The van der Waals surface area contributed by atoms with Gasteiger partial charge in [-0.15, -0.1) is 0 Å². The number of nitrogens with one attached hydrogen (secondary N) is 1. The van der Waals surface area contributed by atoms with Gasteiger partial charge in [-0.25, -0.2) is 0 Å². The molecule has 2 aromatic rings. The Morgan fingerprint density at radius 3 is 2.50 bits per heavy atom. The summed E-state index contributed by atoms with van der Waals surface area (Å²) in [5.74, 6) is 0. The molecule has 84 valence electrons. The largest absolute Gasteiger partial charge is 0.370 e. The normalized spacial score (nSPS) is 17.6. The molecule has 1 aliphatic heterocycles. The van der Waals surface area contributed by atoms with Crippen LogP contribution in [0.25, 0.3) is 10.9 Å². The Labute approximate surface area is 96.3 Å². The van der Waals surface area contributed by atoms with Gasteiger partial charge < -0.3 is 9.88 Å². The van der Waals surface area contributed by atoms with Gasteiger partial charge in [0.25, 0.3) is 0 Å². The van der Waals surface area contributed by atoms with Crippen molar-refractivity contribution in [1.82, 2.24) is 4.98 Å². The molecule has 1 aliphatic rings. The molecular formula is C14H18N2. The summed E-state index contributed by atoms with van der Waals surface area (Å²) in [7, 11) is 0. The van der Waals surface area contributed by atoms with Crippen molar-refractivity contribution >= 4 is 16.6 Å². The van der Waals surface area contributed by atoms with E-state index in [2.05, 4.69) is 40.3 Å². The van der Waals surface area contributed by atoms with E-state index in [1.807, 2.05) is 0 Å². The zero-order chi connectivity index (χ0) is 10.8. The van der Waals surface area contributed by atoms with Gasteiger partial charge in [-0.05, 0) is 18.9 Å². The summed E-state index contributed by atoms with van der Waals surface area (Å²) in [6.45, 7) is 2.42. The Balaban J connectivity index is 1.97. The molecule has 1 saturated heterocycles. The number of fused-ring (bicyclic) bond motifs is 1. The molecule has 0 radical (unpaired) electrons. The third-order valence-corrected chi connectivity index (χ3v) is 3.51. The first kappa shape index (κ1) is 9.76. The van der Waals surface area contributed by atoms with E-state index in [-0.39, 0.29) is 0 Å². The minimum atomic E-state index is 1.21. The quantitative estimate of drug-likeness (QED) is 0.769. The molecule has 3 rings (SSSR count). The summed E-state index contributed by atoms with van der Waals surface area (Å²) in [6.07, 6.45) is 7.60. The SMILES string of the molecule is c1ccc2c(N3CCCCCC3)c[nH]c2c1. The molecule has 0 bridgehead atoms. The van der Waals surface area contributed by atoms with Gasteiger partial charge in [0, 0.05) is 30.2 Å². The molecule has 1 aromatic heterocycles. The lowest BCUT2D eigenvalue weighted by Crippen LogP contribution is -2.23. The van der Waals surface area contributed by atoms with Crippen molar-refractivity contribution in [2.75, 3.05) is 18.0 Å². The standard InChI is InChI=1S/C14H18N2/c1-2-6-10-16(9-5-1)14-11-15-13-8-4-3-7-12(13)14/h3-4,7-8,11,15H,1-2,5-6,9-10H2. The molecule has 0 spiro atoms. The topological polar surface area (TPSA) is 19.0 Å². The third-order valence-electron chi connectivity index (χ3n) is 3.51. The number of nitrogens with zero attached hydrogens (tertiary/aromatic N) is 1. The number of H-pyrrole nitrogens is 1. The van der Waals surface area contributed by atoms with Crippen LogP contribution in [0.5, 0.6) is 0 Å². The van der Waals surface area contributed by atoms with Crippen LogP contribution in [0.1, 0.15) is 25.7 Å². The molecule has 0 atom stereocenters. The van der Waals surface area contributed by atoms with Crippen molar-refractivity contribution in [2.45, 2.75) is 25.7 Å². The van der Waals surface area contributed by atoms with Crippen LogP contribution < -0.4 is 4.90 Å². The molecular weight excluding hydrogens is 196 g/mol. The maximum atomic E-state index is 3.36. The van der Waals surface area contributed by atoms with Gasteiger partial charge in [-0.2, -0.15) is 0 Å². The van der Waals surface area contributed by atoms with E-state index < -0.39 is 0 Å². The van der Waals surface area contributed by atoms with E-state index in [0.717, 1.165) is 0 Å². The fraction of sp³-hybridized carbons (Fsp3) is 0.429.